The van der Waals surface area contributed by atoms with Crippen molar-refractivity contribution in [2.45, 2.75) is 13.2 Å². The van der Waals surface area contributed by atoms with Gasteiger partial charge in [0.05, 0.1) is 13.2 Å². The number of rotatable bonds is 8. The lowest BCUT2D eigenvalue weighted by atomic mass is 10.2. The third-order valence-electron chi connectivity index (χ3n) is 4.23. The summed E-state index contributed by atoms with van der Waals surface area (Å²) >= 11 is 6.00. The van der Waals surface area contributed by atoms with Crippen LogP contribution in [0.1, 0.15) is 11.1 Å². The van der Waals surface area contributed by atoms with Crippen LogP contribution in [0, 0.1) is 0 Å². The van der Waals surface area contributed by atoms with E-state index in [0.29, 0.717) is 6.61 Å². The highest BCUT2D eigenvalue weighted by Gasteiger charge is 2.09. The fraction of sp³-hybridized carbons (Fsp3) is 0.400. The molecule has 5 heteroatoms. The maximum Gasteiger partial charge on any atom is 0.120 e. The number of nitrogens with zero attached hydrogens (tertiary/aromatic N) is 1. The van der Waals surface area contributed by atoms with Gasteiger partial charge in [0.2, 0.25) is 0 Å². The van der Waals surface area contributed by atoms with E-state index in [9.17, 15) is 0 Å². The van der Waals surface area contributed by atoms with Gasteiger partial charge < -0.3 is 14.8 Å². The zero-order valence-corrected chi connectivity index (χ0v) is 15.2. The lowest BCUT2D eigenvalue weighted by molar-refractivity contribution is 0.0384. The lowest BCUT2D eigenvalue weighted by Crippen LogP contribution is -2.40. The highest BCUT2D eigenvalue weighted by Crippen LogP contribution is 2.17. The first-order chi connectivity index (χ1) is 12.3. The number of halogens is 1. The van der Waals surface area contributed by atoms with Gasteiger partial charge in [-0.05, 0) is 35.4 Å². The number of benzene rings is 2. The van der Waals surface area contributed by atoms with Crippen molar-refractivity contribution in [1.29, 1.82) is 0 Å². The second kappa shape index (κ2) is 9.78. The smallest absolute Gasteiger partial charge is 0.120 e. The van der Waals surface area contributed by atoms with Crippen LogP contribution in [-0.2, 0) is 17.9 Å². The van der Waals surface area contributed by atoms with Crippen LogP contribution in [0.3, 0.4) is 0 Å². The Hall–Kier alpha value is -1.59. The SMILES string of the molecule is Clc1cccc(COc2cccc(CNCCN3CCOCC3)c2)c1. The van der Waals surface area contributed by atoms with Crippen molar-refractivity contribution < 1.29 is 9.47 Å². The Bertz CT molecular complexity index is 660. The second-order valence-electron chi connectivity index (χ2n) is 6.20. The maximum absolute atomic E-state index is 6.00. The standard InChI is InChI=1S/C20H25ClN2O2/c21-19-5-1-4-18(13-19)16-25-20-6-2-3-17(14-20)15-22-7-8-23-9-11-24-12-10-23/h1-6,13-14,22H,7-12,15-16H2. The Morgan fingerprint density at radius 2 is 1.84 bits per heavy atom. The van der Waals surface area contributed by atoms with Gasteiger partial charge in [-0.15, -0.1) is 0 Å². The number of hydrogen-bond acceptors (Lipinski definition) is 4. The maximum atomic E-state index is 6.00. The van der Waals surface area contributed by atoms with E-state index in [1.165, 1.54) is 5.56 Å². The molecule has 0 aliphatic carbocycles. The van der Waals surface area contributed by atoms with Crippen molar-refractivity contribution in [3.8, 4) is 5.75 Å². The Morgan fingerprint density at radius 1 is 1.04 bits per heavy atom. The molecular formula is C20H25ClN2O2. The fourth-order valence-electron chi connectivity index (χ4n) is 2.83. The molecule has 1 N–H and O–H groups in total. The second-order valence-corrected chi connectivity index (χ2v) is 6.63. The van der Waals surface area contributed by atoms with Gasteiger partial charge >= 0.3 is 0 Å². The predicted molar refractivity (Wildman–Crippen MR) is 101 cm³/mol. The van der Waals surface area contributed by atoms with Crippen LogP contribution >= 0.6 is 11.6 Å². The van der Waals surface area contributed by atoms with Crippen molar-refractivity contribution in [2.75, 3.05) is 39.4 Å². The third kappa shape index (κ3) is 6.33. The van der Waals surface area contributed by atoms with E-state index < -0.39 is 0 Å². The first-order valence-corrected chi connectivity index (χ1v) is 9.14. The fourth-order valence-corrected chi connectivity index (χ4v) is 3.05. The molecule has 2 aromatic carbocycles. The van der Waals surface area contributed by atoms with Crippen molar-refractivity contribution in [3.05, 3.63) is 64.7 Å². The average Bonchev–Trinajstić information content (AvgIpc) is 2.65. The summed E-state index contributed by atoms with van der Waals surface area (Å²) in [5.74, 6) is 0.882. The number of morpholine rings is 1. The molecule has 2 aromatic rings. The number of nitrogens with one attached hydrogen (secondary N) is 1. The highest BCUT2D eigenvalue weighted by molar-refractivity contribution is 6.30. The Morgan fingerprint density at radius 3 is 2.68 bits per heavy atom. The molecule has 1 aliphatic heterocycles. The Balaban J connectivity index is 1.41. The first-order valence-electron chi connectivity index (χ1n) is 8.76. The van der Waals surface area contributed by atoms with Crippen molar-refractivity contribution in [2.24, 2.45) is 0 Å². The molecule has 1 aliphatic rings. The van der Waals surface area contributed by atoms with E-state index in [1.54, 1.807) is 0 Å². The van der Waals surface area contributed by atoms with Crippen LogP contribution in [0.15, 0.2) is 48.5 Å². The van der Waals surface area contributed by atoms with Crippen molar-refractivity contribution >= 4 is 11.6 Å². The third-order valence-corrected chi connectivity index (χ3v) is 4.47. The van der Waals surface area contributed by atoms with E-state index in [-0.39, 0.29) is 0 Å². The highest BCUT2D eigenvalue weighted by atomic mass is 35.5. The predicted octanol–water partition coefficient (Wildman–Crippen LogP) is 3.34. The van der Waals surface area contributed by atoms with Gasteiger partial charge in [-0.1, -0.05) is 35.9 Å². The van der Waals surface area contributed by atoms with Crippen LogP contribution < -0.4 is 10.1 Å². The monoisotopic (exact) mass is 360 g/mol. The summed E-state index contributed by atoms with van der Waals surface area (Å²) in [4.78, 5) is 2.43. The number of ether oxygens (including phenoxy) is 2. The van der Waals surface area contributed by atoms with E-state index in [1.807, 2.05) is 36.4 Å². The molecule has 25 heavy (non-hydrogen) atoms. The minimum Gasteiger partial charge on any atom is -0.489 e. The largest absolute Gasteiger partial charge is 0.489 e. The summed E-state index contributed by atoms with van der Waals surface area (Å²) in [5.41, 5.74) is 2.30. The van der Waals surface area contributed by atoms with Crippen LogP contribution in [0.5, 0.6) is 5.75 Å². The summed E-state index contributed by atoms with van der Waals surface area (Å²) in [6.07, 6.45) is 0. The molecule has 0 atom stereocenters. The lowest BCUT2D eigenvalue weighted by Gasteiger charge is -2.26. The Kier molecular flexibility index (Phi) is 7.12. The summed E-state index contributed by atoms with van der Waals surface area (Å²) in [6, 6.07) is 16.0. The molecule has 134 valence electrons. The Labute approximate surface area is 154 Å². The summed E-state index contributed by atoms with van der Waals surface area (Å²) in [5, 5.41) is 4.24. The molecule has 0 aromatic heterocycles. The van der Waals surface area contributed by atoms with Crippen LogP contribution in [0.4, 0.5) is 0 Å². The molecule has 0 bridgehead atoms. The molecule has 0 spiro atoms. The van der Waals surface area contributed by atoms with E-state index in [2.05, 4.69) is 22.3 Å². The van der Waals surface area contributed by atoms with Gasteiger partial charge in [0.1, 0.15) is 12.4 Å². The topological polar surface area (TPSA) is 33.7 Å². The summed E-state index contributed by atoms with van der Waals surface area (Å²) in [7, 11) is 0. The normalized spacial score (nSPS) is 15.2. The zero-order valence-electron chi connectivity index (χ0n) is 14.4. The van der Waals surface area contributed by atoms with Crippen LogP contribution in [-0.4, -0.2) is 44.3 Å². The molecular weight excluding hydrogens is 336 g/mol. The molecule has 0 saturated carbocycles. The van der Waals surface area contributed by atoms with Gasteiger partial charge in [-0.2, -0.15) is 0 Å². The molecule has 1 heterocycles. The first kappa shape index (κ1) is 18.2. The van der Waals surface area contributed by atoms with Crippen molar-refractivity contribution in [1.82, 2.24) is 10.2 Å². The average molecular weight is 361 g/mol. The van der Waals surface area contributed by atoms with E-state index in [0.717, 1.165) is 62.3 Å². The molecule has 4 nitrogen and oxygen atoms in total. The van der Waals surface area contributed by atoms with Gasteiger partial charge in [0.25, 0.3) is 0 Å². The number of hydrogen-bond donors (Lipinski definition) is 1. The van der Waals surface area contributed by atoms with Crippen molar-refractivity contribution in [3.63, 3.8) is 0 Å². The summed E-state index contributed by atoms with van der Waals surface area (Å²) < 4.78 is 11.2. The van der Waals surface area contributed by atoms with Gasteiger partial charge in [-0.3, -0.25) is 4.90 Å². The van der Waals surface area contributed by atoms with Gasteiger partial charge in [-0.25, -0.2) is 0 Å². The minimum atomic E-state index is 0.522. The molecule has 1 fully saturated rings. The zero-order chi connectivity index (χ0) is 17.3. The summed E-state index contributed by atoms with van der Waals surface area (Å²) in [6.45, 7) is 7.19. The van der Waals surface area contributed by atoms with Gasteiger partial charge in [0.15, 0.2) is 0 Å². The molecule has 3 rings (SSSR count). The van der Waals surface area contributed by atoms with Crippen LogP contribution in [0.2, 0.25) is 5.02 Å². The molecule has 0 unspecified atom stereocenters. The molecule has 0 radical (unpaired) electrons. The van der Waals surface area contributed by atoms with E-state index in [4.69, 9.17) is 21.1 Å². The van der Waals surface area contributed by atoms with E-state index >= 15 is 0 Å². The minimum absolute atomic E-state index is 0.522. The molecule has 0 amide bonds. The van der Waals surface area contributed by atoms with Gasteiger partial charge in [0, 0.05) is 37.7 Å². The molecule has 1 saturated heterocycles. The van der Waals surface area contributed by atoms with Crippen LogP contribution in [0.25, 0.3) is 0 Å². The quantitative estimate of drug-likeness (QED) is 0.732.